The highest BCUT2D eigenvalue weighted by Crippen LogP contribution is 2.26. The van der Waals surface area contributed by atoms with Crippen molar-refractivity contribution >= 4 is 27.8 Å². The highest BCUT2D eigenvalue weighted by Gasteiger charge is 2.18. The van der Waals surface area contributed by atoms with Gasteiger partial charge in [-0.2, -0.15) is 4.68 Å². The van der Waals surface area contributed by atoms with Crippen LogP contribution in [-0.4, -0.2) is 28.1 Å². The Morgan fingerprint density at radius 1 is 1.16 bits per heavy atom. The van der Waals surface area contributed by atoms with Crippen LogP contribution in [0.1, 0.15) is 11.3 Å². The molecule has 3 heterocycles. The van der Waals surface area contributed by atoms with E-state index in [0.717, 1.165) is 27.3 Å². The molecule has 5 rings (SSSR count). The van der Waals surface area contributed by atoms with Gasteiger partial charge in [-0.1, -0.05) is 23.5 Å². The smallest absolute Gasteiger partial charge is 0.282 e. The fourth-order valence-corrected chi connectivity index (χ4v) is 4.19. The summed E-state index contributed by atoms with van der Waals surface area (Å²) in [4.78, 5) is 22.3. The molecule has 0 saturated heterocycles. The average molecular weight is 430 g/mol. The third-order valence-electron chi connectivity index (χ3n) is 4.83. The summed E-state index contributed by atoms with van der Waals surface area (Å²) in [5.41, 5.74) is 2.60. The number of thiazole rings is 1. The lowest BCUT2D eigenvalue weighted by Gasteiger charge is -2.02. The van der Waals surface area contributed by atoms with Gasteiger partial charge in [-0.15, -0.1) is 0 Å². The minimum Gasteiger partial charge on any atom is -0.497 e. The molecule has 7 nitrogen and oxygen atoms in total. The monoisotopic (exact) mass is 430 g/mol. The van der Waals surface area contributed by atoms with Crippen LogP contribution >= 0.6 is 11.3 Å². The van der Waals surface area contributed by atoms with Crippen molar-refractivity contribution in [1.29, 1.82) is 0 Å². The second kappa shape index (κ2) is 8.08. The molecule has 0 radical (unpaired) electrons. The van der Waals surface area contributed by atoms with Crippen LogP contribution in [0.25, 0.3) is 26.6 Å². The highest BCUT2D eigenvalue weighted by atomic mass is 32.1. The van der Waals surface area contributed by atoms with E-state index in [0.29, 0.717) is 22.9 Å². The van der Waals surface area contributed by atoms with Gasteiger partial charge in [-0.25, -0.2) is 4.98 Å². The van der Waals surface area contributed by atoms with Gasteiger partial charge in [0, 0.05) is 11.8 Å². The summed E-state index contributed by atoms with van der Waals surface area (Å²) in [5.74, 6) is 1.47. The van der Waals surface area contributed by atoms with Gasteiger partial charge >= 0.3 is 0 Å². The minimum atomic E-state index is -0.215. The zero-order chi connectivity index (χ0) is 21.2. The lowest BCUT2D eigenvalue weighted by Crippen LogP contribution is -2.17. The molecule has 1 N–H and O–H groups in total. The molecule has 0 aliphatic heterocycles. The number of nitrogens with one attached hydrogen (secondary N) is 1. The summed E-state index contributed by atoms with van der Waals surface area (Å²) in [6.07, 6.45) is 3.19. The first kappa shape index (κ1) is 19.1. The molecule has 5 aromatic rings. The summed E-state index contributed by atoms with van der Waals surface area (Å²) in [5, 5.41) is 3.80. The third-order valence-corrected chi connectivity index (χ3v) is 5.85. The summed E-state index contributed by atoms with van der Waals surface area (Å²) >= 11 is 1.45. The molecule has 3 aromatic heterocycles. The Balaban J connectivity index is 1.61. The predicted molar refractivity (Wildman–Crippen MR) is 122 cm³/mol. The number of methoxy groups -OCH3 is 1. The van der Waals surface area contributed by atoms with E-state index in [-0.39, 0.29) is 5.56 Å². The number of H-pyrrole nitrogens is 1. The first-order valence-corrected chi connectivity index (χ1v) is 10.4. The fraction of sp³-hybridized carbons (Fsp3) is 0.0870. The van der Waals surface area contributed by atoms with Gasteiger partial charge in [-0.3, -0.25) is 14.9 Å². The Morgan fingerprint density at radius 2 is 2.00 bits per heavy atom. The van der Waals surface area contributed by atoms with Crippen molar-refractivity contribution in [3.63, 3.8) is 0 Å². The molecular weight excluding hydrogens is 412 g/mol. The van der Waals surface area contributed by atoms with Crippen molar-refractivity contribution < 1.29 is 9.15 Å². The van der Waals surface area contributed by atoms with Crippen LogP contribution in [0.15, 0.2) is 81.1 Å². The number of fused-ring (bicyclic) bond motifs is 1. The van der Waals surface area contributed by atoms with Gasteiger partial charge in [0.15, 0.2) is 0 Å². The zero-order valence-electron chi connectivity index (χ0n) is 16.6. The zero-order valence-corrected chi connectivity index (χ0v) is 17.4. The number of hydrogen-bond donors (Lipinski definition) is 1. The Bertz CT molecular complexity index is 1380. The van der Waals surface area contributed by atoms with Gasteiger partial charge in [0.1, 0.15) is 11.5 Å². The van der Waals surface area contributed by atoms with Crippen LogP contribution in [0.5, 0.6) is 5.75 Å². The number of rotatable bonds is 6. The second-order valence-corrected chi connectivity index (χ2v) is 7.79. The first-order chi connectivity index (χ1) is 15.2. The number of furan rings is 1. The van der Waals surface area contributed by atoms with Crippen molar-refractivity contribution in [1.82, 2.24) is 14.8 Å². The largest absolute Gasteiger partial charge is 0.497 e. The van der Waals surface area contributed by atoms with Gasteiger partial charge in [0.05, 0.1) is 41.4 Å². The van der Waals surface area contributed by atoms with Crippen molar-refractivity contribution in [3.05, 3.63) is 88.6 Å². The van der Waals surface area contributed by atoms with Gasteiger partial charge in [0.2, 0.25) is 5.13 Å². The SMILES string of the molecule is COc1ccc(-c2[nH]n(-c3nc4ccccc4s3)c(=O)c2C=NCc2ccco2)cc1. The van der Waals surface area contributed by atoms with E-state index in [9.17, 15) is 4.79 Å². The Labute approximate surface area is 181 Å². The number of hydrogen-bond acceptors (Lipinski definition) is 6. The predicted octanol–water partition coefficient (Wildman–Crippen LogP) is 4.66. The lowest BCUT2D eigenvalue weighted by molar-refractivity contribution is 0.415. The van der Waals surface area contributed by atoms with Crippen molar-refractivity contribution in [3.8, 4) is 22.1 Å². The van der Waals surface area contributed by atoms with Crippen molar-refractivity contribution in [2.45, 2.75) is 6.54 Å². The van der Waals surface area contributed by atoms with Gasteiger partial charge in [-0.05, 0) is 48.5 Å². The molecule has 154 valence electrons. The van der Waals surface area contributed by atoms with E-state index < -0.39 is 0 Å². The van der Waals surface area contributed by atoms with E-state index >= 15 is 0 Å². The van der Waals surface area contributed by atoms with E-state index in [1.54, 1.807) is 19.6 Å². The Hall–Kier alpha value is -3.91. The van der Waals surface area contributed by atoms with Crippen LogP contribution in [0.4, 0.5) is 0 Å². The molecule has 8 heteroatoms. The Kier molecular flexibility index (Phi) is 4.97. The summed E-state index contributed by atoms with van der Waals surface area (Å²) in [6.45, 7) is 0.348. The molecule has 0 unspecified atom stereocenters. The average Bonchev–Trinajstić information content (AvgIpc) is 3.53. The maximum atomic E-state index is 13.3. The first-order valence-electron chi connectivity index (χ1n) is 9.60. The van der Waals surface area contributed by atoms with Gasteiger partial charge in [0.25, 0.3) is 5.56 Å². The van der Waals surface area contributed by atoms with Crippen LogP contribution in [-0.2, 0) is 6.54 Å². The molecule has 0 bridgehead atoms. The number of para-hydroxylation sites is 1. The van der Waals surface area contributed by atoms with Crippen LogP contribution in [0.3, 0.4) is 0 Å². The standard InChI is InChI=1S/C23H18N4O3S/c1-29-16-10-8-15(9-11-16)21-18(14-24-13-17-5-4-12-30-17)22(28)27(26-21)23-25-19-6-2-3-7-20(19)31-23/h2-12,14,26H,13H2,1H3. The third kappa shape index (κ3) is 3.69. The molecule has 0 spiro atoms. The number of benzene rings is 2. The topological polar surface area (TPSA) is 85.4 Å². The molecule has 0 fully saturated rings. The second-order valence-electron chi connectivity index (χ2n) is 6.78. The van der Waals surface area contributed by atoms with Crippen LogP contribution in [0.2, 0.25) is 0 Å². The number of aromatic nitrogens is 3. The number of nitrogens with zero attached hydrogens (tertiary/aromatic N) is 3. The molecule has 0 aliphatic carbocycles. The van der Waals surface area contributed by atoms with Gasteiger partial charge < -0.3 is 9.15 Å². The van der Waals surface area contributed by atoms with E-state index in [1.807, 2.05) is 60.7 Å². The maximum Gasteiger partial charge on any atom is 0.282 e. The fourth-order valence-electron chi connectivity index (χ4n) is 3.27. The van der Waals surface area contributed by atoms with Crippen molar-refractivity contribution in [2.24, 2.45) is 4.99 Å². The molecule has 31 heavy (non-hydrogen) atoms. The molecular formula is C23H18N4O3S. The molecule has 0 atom stereocenters. The molecule has 0 amide bonds. The summed E-state index contributed by atoms with van der Waals surface area (Å²) < 4.78 is 13.1. The normalized spacial score (nSPS) is 11.5. The van der Waals surface area contributed by atoms with Crippen molar-refractivity contribution in [2.75, 3.05) is 7.11 Å². The highest BCUT2D eigenvalue weighted by molar-refractivity contribution is 7.20. The lowest BCUT2D eigenvalue weighted by atomic mass is 10.1. The Morgan fingerprint density at radius 3 is 2.74 bits per heavy atom. The van der Waals surface area contributed by atoms with E-state index in [4.69, 9.17) is 9.15 Å². The minimum absolute atomic E-state index is 0.215. The summed E-state index contributed by atoms with van der Waals surface area (Å²) in [7, 11) is 1.62. The number of aliphatic imine (C=N–C) groups is 1. The maximum absolute atomic E-state index is 13.3. The van der Waals surface area contributed by atoms with Crippen LogP contribution < -0.4 is 10.3 Å². The quantitative estimate of drug-likeness (QED) is 0.397. The number of aromatic amines is 1. The van der Waals surface area contributed by atoms with Crippen LogP contribution in [0, 0.1) is 0 Å². The van der Waals surface area contributed by atoms with E-state index in [2.05, 4.69) is 15.1 Å². The number of ether oxygens (including phenoxy) is 1. The molecule has 0 aliphatic rings. The summed E-state index contributed by atoms with van der Waals surface area (Å²) in [6, 6.07) is 19.0. The molecule has 0 saturated carbocycles. The van der Waals surface area contributed by atoms with E-state index in [1.165, 1.54) is 16.0 Å². The molecule has 2 aromatic carbocycles.